The summed E-state index contributed by atoms with van der Waals surface area (Å²) in [4.78, 5) is 39.1. The number of benzene rings is 2. The summed E-state index contributed by atoms with van der Waals surface area (Å²) >= 11 is 1.26. The Morgan fingerprint density at radius 3 is 2.40 bits per heavy atom. The number of aryl methyl sites for hydroxylation is 3. The Morgan fingerprint density at radius 1 is 0.967 bits per heavy atom. The summed E-state index contributed by atoms with van der Waals surface area (Å²) < 4.78 is 2.97. The van der Waals surface area contributed by atoms with E-state index in [0.29, 0.717) is 21.6 Å². The van der Waals surface area contributed by atoms with Gasteiger partial charge in [0, 0.05) is 5.69 Å². The first kappa shape index (κ1) is 19.8. The summed E-state index contributed by atoms with van der Waals surface area (Å²) in [5.74, 6) is -0.334. The minimum Gasteiger partial charge on any atom is -0.325 e. The van der Waals surface area contributed by atoms with Crippen LogP contribution in [-0.4, -0.2) is 15.0 Å². The largest absolute Gasteiger partial charge is 0.336 e. The zero-order valence-electron chi connectivity index (χ0n) is 16.9. The first-order valence-corrected chi connectivity index (χ1v) is 10.4. The van der Waals surface area contributed by atoms with Crippen LogP contribution in [0.1, 0.15) is 16.7 Å². The molecule has 152 valence electrons. The lowest BCUT2D eigenvalue weighted by Gasteiger charge is -2.14. The van der Waals surface area contributed by atoms with Crippen LogP contribution in [0.15, 0.2) is 63.5 Å². The molecule has 0 saturated carbocycles. The molecule has 1 amide bonds. The van der Waals surface area contributed by atoms with Crippen molar-refractivity contribution < 1.29 is 4.79 Å². The van der Waals surface area contributed by atoms with Crippen molar-refractivity contribution in [1.82, 2.24) is 9.13 Å². The maximum atomic E-state index is 13.3. The van der Waals surface area contributed by atoms with Gasteiger partial charge in [0.1, 0.15) is 11.2 Å². The molecule has 2 aromatic heterocycles. The lowest BCUT2D eigenvalue weighted by atomic mass is 10.1. The van der Waals surface area contributed by atoms with E-state index in [1.807, 2.05) is 63.2 Å². The molecule has 30 heavy (non-hydrogen) atoms. The van der Waals surface area contributed by atoms with Crippen LogP contribution in [0.2, 0.25) is 0 Å². The molecule has 6 nitrogen and oxygen atoms in total. The standard InChI is InChI=1S/C23H21N3O3S/c1-14-5-8-17(9-6-14)24-20(27)13-25-18-10-11-30-21(18)22(28)26(23(25)29)19-12-15(2)4-7-16(19)3/h4-12H,13H2,1-3H3,(H,24,27). The average Bonchev–Trinajstić information content (AvgIpc) is 3.20. The van der Waals surface area contributed by atoms with Gasteiger partial charge in [-0.2, -0.15) is 0 Å². The van der Waals surface area contributed by atoms with Gasteiger partial charge in [0.2, 0.25) is 5.91 Å². The number of carbonyl (C=O) groups is 1. The van der Waals surface area contributed by atoms with Crippen LogP contribution >= 0.6 is 11.3 Å². The van der Waals surface area contributed by atoms with Gasteiger partial charge in [-0.1, -0.05) is 29.8 Å². The third-order valence-corrected chi connectivity index (χ3v) is 5.89. The highest BCUT2D eigenvalue weighted by molar-refractivity contribution is 7.17. The van der Waals surface area contributed by atoms with Crippen LogP contribution in [0.25, 0.3) is 15.9 Å². The number of thiophene rings is 1. The molecule has 2 aromatic carbocycles. The number of hydrogen-bond donors (Lipinski definition) is 1. The number of fused-ring (bicyclic) bond motifs is 1. The van der Waals surface area contributed by atoms with Crippen LogP contribution in [-0.2, 0) is 11.3 Å². The van der Waals surface area contributed by atoms with E-state index in [1.165, 1.54) is 20.5 Å². The van der Waals surface area contributed by atoms with Crippen molar-refractivity contribution in [3.05, 3.63) is 91.4 Å². The van der Waals surface area contributed by atoms with Crippen LogP contribution in [0, 0.1) is 20.8 Å². The Labute approximate surface area is 177 Å². The summed E-state index contributed by atoms with van der Waals surface area (Å²) in [6.45, 7) is 5.54. The van der Waals surface area contributed by atoms with Crippen LogP contribution in [0.4, 0.5) is 5.69 Å². The van der Waals surface area contributed by atoms with Crippen molar-refractivity contribution in [1.29, 1.82) is 0 Å². The number of carbonyl (C=O) groups excluding carboxylic acids is 1. The second-order valence-electron chi connectivity index (χ2n) is 7.35. The van der Waals surface area contributed by atoms with Gasteiger partial charge in [-0.25, -0.2) is 9.36 Å². The Morgan fingerprint density at radius 2 is 1.67 bits per heavy atom. The van der Waals surface area contributed by atoms with Crippen LogP contribution in [0.3, 0.4) is 0 Å². The van der Waals surface area contributed by atoms with Gasteiger partial charge in [0.05, 0.1) is 11.2 Å². The second-order valence-corrected chi connectivity index (χ2v) is 8.26. The molecule has 0 bridgehead atoms. The Balaban J connectivity index is 1.82. The molecule has 0 atom stereocenters. The van der Waals surface area contributed by atoms with E-state index in [1.54, 1.807) is 11.4 Å². The summed E-state index contributed by atoms with van der Waals surface area (Å²) in [6, 6.07) is 14.8. The molecule has 4 aromatic rings. The molecule has 0 radical (unpaired) electrons. The third kappa shape index (κ3) is 3.59. The molecule has 0 fully saturated rings. The molecule has 1 N–H and O–H groups in total. The predicted octanol–water partition coefficient (Wildman–Crippen LogP) is 3.78. The van der Waals surface area contributed by atoms with Crippen molar-refractivity contribution in [2.45, 2.75) is 27.3 Å². The molecule has 0 spiro atoms. The predicted molar refractivity (Wildman–Crippen MR) is 121 cm³/mol. The van der Waals surface area contributed by atoms with Crippen molar-refractivity contribution in [2.75, 3.05) is 5.32 Å². The Bertz CT molecular complexity index is 1380. The summed E-state index contributed by atoms with van der Waals surface area (Å²) in [7, 11) is 0. The molecule has 0 aliphatic heterocycles. The van der Waals surface area contributed by atoms with E-state index in [9.17, 15) is 14.4 Å². The second kappa shape index (κ2) is 7.76. The van der Waals surface area contributed by atoms with Gasteiger partial charge in [-0.05, 0) is 61.5 Å². The van der Waals surface area contributed by atoms with Crippen LogP contribution < -0.4 is 16.6 Å². The van der Waals surface area contributed by atoms with Crippen molar-refractivity contribution in [3.8, 4) is 5.69 Å². The van der Waals surface area contributed by atoms with E-state index in [2.05, 4.69) is 5.32 Å². The zero-order valence-corrected chi connectivity index (χ0v) is 17.7. The molecule has 0 aliphatic carbocycles. The monoisotopic (exact) mass is 419 g/mol. The quantitative estimate of drug-likeness (QED) is 0.547. The number of hydrogen-bond acceptors (Lipinski definition) is 4. The lowest BCUT2D eigenvalue weighted by molar-refractivity contribution is -0.116. The number of rotatable bonds is 4. The van der Waals surface area contributed by atoms with E-state index in [0.717, 1.165) is 16.7 Å². The average molecular weight is 420 g/mol. The van der Waals surface area contributed by atoms with Crippen molar-refractivity contribution in [2.24, 2.45) is 0 Å². The number of nitrogens with one attached hydrogen (secondary N) is 1. The van der Waals surface area contributed by atoms with E-state index >= 15 is 0 Å². The minimum atomic E-state index is -0.529. The lowest BCUT2D eigenvalue weighted by Crippen LogP contribution is -2.40. The van der Waals surface area contributed by atoms with Gasteiger partial charge in [0.15, 0.2) is 0 Å². The highest BCUT2D eigenvalue weighted by Crippen LogP contribution is 2.19. The topological polar surface area (TPSA) is 73.1 Å². The zero-order chi connectivity index (χ0) is 21.4. The number of nitrogens with zero attached hydrogens (tertiary/aromatic N) is 2. The van der Waals surface area contributed by atoms with Gasteiger partial charge >= 0.3 is 5.69 Å². The summed E-state index contributed by atoms with van der Waals surface area (Å²) in [5.41, 5.74) is 3.60. The molecule has 2 heterocycles. The molecule has 7 heteroatoms. The van der Waals surface area contributed by atoms with Gasteiger partial charge < -0.3 is 5.32 Å². The van der Waals surface area contributed by atoms with E-state index < -0.39 is 5.69 Å². The normalized spacial score (nSPS) is 11.0. The number of amides is 1. The third-order valence-electron chi connectivity index (χ3n) is 5.00. The highest BCUT2D eigenvalue weighted by Gasteiger charge is 2.18. The fourth-order valence-corrected chi connectivity index (χ4v) is 4.22. The van der Waals surface area contributed by atoms with Gasteiger partial charge in [-0.3, -0.25) is 14.2 Å². The maximum absolute atomic E-state index is 13.3. The summed E-state index contributed by atoms with van der Waals surface area (Å²) in [6.07, 6.45) is 0. The molecule has 4 rings (SSSR count). The fraction of sp³-hybridized carbons (Fsp3) is 0.174. The number of anilines is 1. The first-order chi connectivity index (χ1) is 14.3. The van der Waals surface area contributed by atoms with Crippen molar-refractivity contribution in [3.63, 3.8) is 0 Å². The fourth-order valence-electron chi connectivity index (χ4n) is 3.39. The SMILES string of the molecule is Cc1ccc(NC(=O)Cn2c(=O)n(-c3cc(C)ccc3C)c(=O)c3sccc32)cc1. The van der Waals surface area contributed by atoms with Gasteiger partial charge in [-0.15, -0.1) is 11.3 Å². The van der Waals surface area contributed by atoms with Crippen LogP contribution in [0.5, 0.6) is 0 Å². The molecule has 0 saturated heterocycles. The smallest absolute Gasteiger partial charge is 0.325 e. The minimum absolute atomic E-state index is 0.189. The van der Waals surface area contributed by atoms with Gasteiger partial charge in [0.25, 0.3) is 5.56 Å². The summed E-state index contributed by atoms with van der Waals surface area (Å²) in [5, 5.41) is 4.57. The maximum Gasteiger partial charge on any atom is 0.336 e. The molecule has 0 aliphatic rings. The Hall–Kier alpha value is -3.45. The first-order valence-electron chi connectivity index (χ1n) is 9.52. The number of aromatic nitrogens is 2. The van der Waals surface area contributed by atoms with E-state index in [-0.39, 0.29) is 18.0 Å². The Kier molecular flexibility index (Phi) is 5.13. The molecule has 0 unspecified atom stereocenters. The van der Waals surface area contributed by atoms with E-state index in [4.69, 9.17) is 0 Å². The van der Waals surface area contributed by atoms with Crippen molar-refractivity contribution >= 4 is 33.1 Å². The highest BCUT2D eigenvalue weighted by atomic mass is 32.1. The molecular weight excluding hydrogens is 398 g/mol. The molecular formula is C23H21N3O3S.